The van der Waals surface area contributed by atoms with E-state index in [1.165, 1.54) is 23.3 Å². The summed E-state index contributed by atoms with van der Waals surface area (Å²) in [6.07, 6.45) is 1.89. The zero-order valence-electron chi connectivity index (χ0n) is 15.1. The van der Waals surface area contributed by atoms with Gasteiger partial charge < -0.3 is 9.29 Å². The van der Waals surface area contributed by atoms with Gasteiger partial charge in [0.1, 0.15) is 11.5 Å². The Bertz CT molecular complexity index is 895. The number of rotatable bonds is 8. The Kier molecular flexibility index (Phi) is 5.96. The zero-order chi connectivity index (χ0) is 20.3. The summed E-state index contributed by atoms with van der Waals surface area (Å²) in [4.78, 5) is 36.3. The average Bonchev–Trinajstić information content (AvgIpc) is 2.89. The summed E-state index contributed by atoms with van der Waals surface area (Å²) < 4.78 is 17.0. The molecule has 0 fully saturated rings. The number of nitro benzene ring substituents is 1. The van der Waals surface area contributed by atoms with Gasteiger partial charge in [-0.2, -0.15) is 0 Å². The molecule has 3 rings (SSSR count). The van der Waals surface area contributed by atoms with Crippen LogP contribution in [0.2, 0.25) is 0 Å². The van der Waals surface area contributed by atoms with E-state index in [4.69, 9.17) is 4.74 Å². The Morgan fingerprint density at radius 3 is 2.32 bits per heavy atom. The van der Waals surface area contributed by atoms with Crippen molar-refractivity contribution in [3.63, 3.8) is 0 Å². The molecular formula is C19H18N2O6S. The van der Waals surface area contributed by atoms with Crippen molar-refractivity contribution in [1.82, 2.24) is 4.90 Å². The van der Waals surface area contributed by atoms with Crippen molar-refractivity contribution in [2.75, 3.05) is 19.4 Å². The highest BCUT2D eigenvalue weighted by molar-refractivity contribution is 7.89. The Morgan fingerprint density at radius 1 is 1.11 bits per heavy atom. The summed E-state index contributed by atoms with van der Waals surface area (Å²) in [5, 5.41) is 11.1. The molecule has 146 valence electrons. The van der Waals surface area contributed by atoms with E-state index in [2.05, 4.69) is 0 Å². The number of fused-ring (bicyclic) bond motifs is 1. The topological polar surface area (TPSA) is 113 Å². The Labute approximate surface area is 164 Å². The Hall–Kier alpha value is -2.91. The van der Waals surface area contributed by atoms with Crippen LogP contribution in [0.5, 0.6) is 5.75 Å². The molecular weight excluding hydrogens is 384 g/mol. The van der Waals surface area contributed by atoms with Crippen LogP contribution in [-0.2, 0) is 16.9 Å². The molecule has 0 spiro atoms. The predicted molar refractivity (Wildman–Crippen MR) is 103 cm³/mol. The predicted octanol–water partition coefficient (Wildman–Crippen LogP) is 2.54. The quantitative estimate of drug-likeness (QED) is 0.220. The van der Waals surface area contributed by atoms with Gasteiger partial charge in [0.25, 0.3) is 17.5 Å². The van der Waals surface area contributed by atoms with E-state index in [1.54, 1.807) is 30.3 Å². The number of carbonyl (C=O) groups excluding carboxylic acids is 2. The normalized spacial score (nSPS) is 14.1. The van der Waals surface area contributed by atoms with Crippen molar-refractivity contribution in [3.8, 4) is 5.75 Å². The number of nitrogens with zero attached hydrogens (tertiary/aromatic N) is 2. The lowest BCUT2D eigenvalue weighted by Crippen LogP contribution is -2.31. The van der Waals surface area contributed by atoms with Crippen molar-refractivity contribution in [1.29, 1.82) is 0 Å². The summed E-state index contributed by atoms with van der Waals surface area (Å²) in [6.45, 7) is 0.357. The van der Waals surface area contributed by atoms with Crippen molar-refractivity contribution in [3.05, 3.63) is 69.3 Å². The van der Waals surface area contributed by atoms with Crippen LogP contribution in [0.1, 0.15) is 32.7 Å². The summed E-state index contributed by atoms with van der Waals surface area (Å²) in [5.74, 6) is -0.183. The molecule has 0 N–H and O–H groups in total. The molecule has 9 heteroatoms. The van der Waals surface area contributed by atoms with Crippen LogP contribution in [0.3, 0.4) is 0 Å². The second kappa shape index (κ2) is 8.41. The second-order valence-corrected chi connectivity index (χ2v) is 7.75. The Morgan fingerprint density at radius 2 is 1.75 bits per heavy atom. The fourth-order valence-electron chi connectivity index (χ4n) is 3.01. The molecule has 0 bridgehead atoms. The molecule has 1 aliphatic rings. The number of carbonyl (C=O) groups is 2. The molecule has 1 atom stereocenters. The van der Waals surface area contributed by atoms with E-state index in [0.29, 0.717) is 23.1 Å². The van der Waals surface area contributed by atoms with Crippen LogP contribution in [0.25, 0.3) is 0 Å². The van der Waals surface area contributed by atoms with Gasteiger partial charge in [-0.1, -0.05) is 23.3 Å². The van der Waals surface area contributed by atoms with E-state index < -0.39 is 16.1 Å². The maximum absolute atomic E-state index is 12.3. The monoisotopic (exact) mass is 402 g/mol. The van der Waals surface area contributed by atoms with Crippen LogP contribution < -0.4 is 4.74 Å². The largest absolute Gasteiger partial charge is 0.616 e. The van der Waals surface area contributed by atoms with Crippen LogP contribution in [-0.4, -0.2) is 45.6 Å². The van der Waals surface area contributed by atoms with Gasteiger partial charge >= 0.3 is 0 Å². The highest BCUT2D eigenvalue weighted by atomic mass is 32.2. The first-order valence-electron chi connectivity index (χ1n) is 8.53. The van der Waals surface area contributed by atoms with Gasteiger partial charge in [-0.25, -0.2) is 0 Å². The summed E-state index contributed by atoms with van der Waals surface area (Å²) in [7, 11) is 0. The van der Waals surface area contributed by atoms with Crippen LogP contribution in [0.15, 0.2) is 42.5 Å². The standard InChI is InChI=1S/C19H18N2O6S/c1-28(26)12-13-9-14(21(24)25)11-15(10-13)27-8-4-7-20-18(22)16-5-2-3-6-17(16)19(20)23/h2-3,5-6,9-11H,4,7-8,12H2,1H3/t28-/m0/s1. The molecule has 0 saturated carbocycles. The zero-order valence-corrected chi connectivity index (χ0v) is 15.9. The molecule has 0 saturated heterocycles. The van der Waals surface area contributed by atoms with Crippen LogP contribution in [0, 0.1) is 10.1 Å². The maximum Gasteiger partial charge on any atom is 0.273 e. The second-order valence-electron chi connectivity index (χ2n) is 6.32. The molecule has 2 aromatic carbocycles. The molecule has 0 unspecified atom stereocenters. The fourth-order valence-corrected chi connectivity index (χ4v) is 3.64. The minimum Gasteiger partial charge on any atom is -0.616 e. The third kappa shape index (κ3) is 4.32. The lowest BCUT2D eigenvalue weighted by Gasteiger charge is -2.14. The van der Waals surface area contributed by atoms with Gasteiger partial charge in [0.15, 0.2) is 0 Å². The Balaban J connectivity index is 1.60. The molecule has 28 heavy (non-hydrogen) atoms. The first kappa shape index (κ1) is 19.8. The van der Waals surface area contributed by atoms with Crippen LogP contribution >= 0.6 is 0 Å². The van der Waals surface area contributed by atoms with Crippen LogP contribution in [0.4, 0.5) is 5.69 Å². The van der Waals surface area contributed by atoms with Crippen molar-refractivity contribution < 1.29 is 23.8 Å². The third-order valence-corrected chi connectivity index (χ3v) is 4.94. The lowest BCUT2D eigenvalue weighted by atomic mass is 10.1. The number of nitro groups is 1. The molecule has 0 radical (unpaired) electrons. The van der Waals surface area contributed by atoms with E-state index in [0.717, 1.165) is 0 Å². The van der Waals surface area contributed by atoms with Gasteiger partial charge in [-0.05, 0) is 24.6 Å². The molecule has 0 aromatic heterocycles. The van der Waals surface area contributed by atoms with Gasteiger partial charge in [-0.15, -0.1) is 0 Å². The summed E-state index contributed by atoms with van der Waals surface area (Å²) in [5.41, 5.74) is 1.19. The van der Waals surface area contributed by atoms with E-state index in [9.17, 15) is 24.3 Å². The molecule has 2 aromatic rings. The minimum atomic E-state index is -1.14. The van der Waals surface area contributed by atoms with E-state index >= 15 is 0 Å². The fraction of sp³-hybridized carbons (Fsp3) is 0.263. The molecule has 1 aliphatic heterocycles. The van der Waals surface area contributed by atoms with Crippen molar-refractivity contribution in [2.24, 2.45) is 0 Å². The number of hydrogen-bond donors (Lipinski definition) is 0. The number of imide groups is 1. The van der Waals surface area contributed by atoms with Crippen molar-refractivity contribution in [2.45, 2.75) is 12.2 Å². The SMILES string of the molecule is C[S@+]([O-])Cc1cc(OCCCN2C(=O)c3ccccc3C2=O)cc([N+](=O)[O-])c1. The number of amides is 2. The molecule has 0 aliphatic carbocycles. The first-order chi connectivity index (χ1) is 13.4. The number of benzene rings is 2. The minimum absolute atomic E-state index is 0.140. The smallest absolute Gasteiger partial charge is 0.273 e. The molecule has 2 amide bonds. The van der Waals surface area contributed by atoms with Crippen molar-refractivity contribution >= 4 is 28.7 Å². The number of non-ortho nitro benzene ring substituents is 1. The highest BCUT2D eigenvalue weighted by Crippen LogP contribution is 2.25. The summed E-state index contributed by atoms with van der Waals surface area (Å²) in [6, 6.07) is 10.9. The maximum atomic E-state index is 12.3. The number of ether oxygens (including phenoxy) is 1. The van der Waals surface area contributed by atoms with E-state index in [-0.39, 0.29) is 42.2 Å². The first-order valence-corrected chi connectivity index (χ1v) is 10.3. The summed E-state index contributed by atoms with van der Waals surface area (Å²) >= 11 is -1.14. The third-order valence-electron chi connectivity index (χ3n) is 4.20. The van der Waals surface area contributed by atoms with Gasteiger partial charge in [0.2, 0.25) is 0 Å². The van der Waals surface area contributed by atoms with Gasteiger partial charge in [0, 0.05) is 18.2 Å². The highest BCUT2D eigenvalue weighted by Gasteiger charge is 2.34. The van der Waals surface area contributed by atoms with E-state index in [1.807, 2.05) is 0 Å². The molecule has 8 nitrogen and oxygen atoms in total. The number of hydrogen-bond acceptors (Lipinski definition) is 6. The molecule has 1 heterocycles. The van der Waals surface area contributed by atoms with Gasteiger partial charge in [0.05, 0.1) is 35.0 Å². The average molecular weight is 402 g/mol. The lowest BCUT2D eigenvalue weighted by molar-refractivity contribution is -0.385. The van der Waals surface area contributed by atoms with Gasteiger partial charge in [-0.3, -0.25) is 24.6 Å².